The molecule has 0 N–H and O–H groups in total. The van der Waals surface area contributed by atoms with Gasteiger partial charge in [0.2, 0.25) is 5.95 Å². The third-order valence-corrected chi connectivity index (χ3v) is 4.92. The topological polar surface area (TPSA) is 61.6 Å². The van der Waals surface area contributed by atoms with Gasteiger partial charge in [0.15, 0.2) is 11.4 Å². The van der Waals surface area contributed by atoms with Crippen LogP contribution in [-0.4, -0.2) is 60.9 Å². The van der Waals surface area contributed by atoms with Crippen LogP contribution in [0.4, 0.5) is 5.95 Å². The number of piperidine rings is 1. The van der Waals surface area contributed by atoms with E-state index in [1.165, 1.54) is 0 Å². The Labute approximate surface area is 137 Å². The molecule has 1 atom stereocenters. The summed E-state index contributed by atoms with van der Waals surface area (Å²) in [5.74, 6) is 1.85. The molecule has 3 heterocycles. The second-order valence-corrected chi connectivity index (χ2v) is 6.22. The molecule has 3 rings (SSSR count). The van der Waals surface area contributed by atoms with Crippen LogP contribution in [0.15, 0.2) is 0 Å². The maximum Gasteiger partial charge on any atom is 0.227 e. The maximum atomic E-state index is 6.07. The van der Waals surface area contributed by atoms with E-state index in [-0.39, 0.29) is 0 Å². The van der Waals surface area contributed by atoms with E-state index in [1.54, 1.807) is 7.11 Å². The lowest BCUT2D eigenvalue weighted by molar-refractivity contribution is -0.0568. The fraction of sp³-hybridized carbons (Fsp3) is 0.875. The van der Waals surface area contributed by atoms with Crippen LogP contribution in [0, 0.1) is 0 Å². The van der Waals surface area contributed by atoms with Crippen LogP contribution >= 0.6 is 0 Å². The molecule has 0 saturated carbocycles. The number of hydrogen-bond donors (Lipinski definition) is 0. The zero-order valence-electron chi connectivity index (χ0n) is 14.5. The molecular weight excluding hydrogens is 296 g/mol. The Bertz CT molecular complexity index is 505. The Morgan fingerprint density at radius 3 is 2.61 bits per heavy atom. The fourth-order valence-corrected chi connectivity index (χ4v) is 3.63. The summed E-state index contributed by atoms with van der Waals surface area (Å²) in [6, 6.07) is 0. The maximum absolute atomic E-state index is 6.07. The highest BCUT2D eigenvalue weighted by Gasteiger charge is 2.43. The van der Waals surface area contributed by atoms with Crippen molar-refractivity contribution in [1.29, 1.82) is 0 Å². The zero-order chi connectivity index (χ0) is 16.3. The van der Waals surface area contributed by atoms with Gasteiger partial charge in [0, 0.05) is 39.8 Å². The Morgan fingerprint density at radius 2 is 2.04 bits per heavy atom. The summed E-state index contributed by atoms with van der Waals surface area (Å²) in [6.45, 7) is 8.81. The molecule has 0 bridgehead atoms. The van der Waals surface area contributed by atoms with Crippen molar-refractivity contribution in [3.8, 4) is 0 Å². The molecule has 2 aliphatic rings. The molecule has 130 valence electrons. The molecule has 0 radical (unpaired) electrons. The lowest BCUT2D eigenvalue weighted by atomic mass is 10.0. The van der Waals surface area contributed by atoms with Gasteiger partial charge >= 0.3 is 0 Å². The number of rotatable bonds is 6. The van der Waals surface area contributed by atoms with E-state index in [4.69, 9.17) is 14.2 Å². The minimum atomic E-state index is -0.444. The third kappa shape index (κ3) is 3.09. The molecule has 0 aliphatic carbocycles. The van der Waals surface area contributed by atoms with Crippen molar-refractivity contribution in [2.24, 2.45) is 0 Å². The van der Waals surface area contributed by atoms with Crippen LogP contribution in [0.2, 0.25) is 0 Å². The molecular formula is C16H28N4O3. The SMILES string of the molecule is CCOC1(c2nnc(N3CCC(OC)CC3)n2CC)CCOC1. The number of anilines is 1. The van der Waals surface area contributed by atoms with Crippen molar-refractivity contribution < 1.29 is 14.2 Å². The van der Waals surface area contributed by atoms with Crippen LogP contribution in [-0.2, 0) is 26.4 Å². The Morgan fingerprint density at radius 1 is 1.26 bits per heavy atom. The molecule has 0 aromatic carbocycles. The van der Waals surface area contributed by atoms with Crippen molar-refractivity contribution >= 4 is 5.95 Å². The number of nitrogens with zero attached hydrogens (tertiary/aromatic N) is 4. The smallest absolute Gasteiger partial charge is 0.227 e. The number of ether oxygens (including phenoxy) is 3. The molecule has 0 amide bonds. The molecule has 0 spiro atoms. The lowest BCUT2D eigenvalue weighted by Gasteiger charge is -2.33. The minimum absolute atomic E-state index is 0.363. The molecule has 2 aliphatic heterocycles. The average Bonchev–Trinajstić information content (AvgIpc) is 3.22. The van der Waals surface area contributed by atoms with Crippen LogP contribution in [0.1, 0.15) is 38.9 Å². The monoisotopic (exact) mass is 324 g/mol. The van der Waals surface area contributed by atoms with Crippen molar-refractivity contribution in [2.75, 3.05) is 44.9 Å². The predicted molar refractivity (Wildman–Crippen MR) is 86.7 cm³/mol. The van der Waals surface area contributed by atoms with E-state index < -0.39 is 5.60 Å². The van der Waals surface area contributed by atoms with Gasteiger partial charge in [-0.2, -0.15) is 0 Å². The first-order chi connectivity index (χ1) is 11.2. The van der Waals surface area contributed by atoms with Crippen LogP contribution < -0.4 is 4.90 Å². The summed E-state index contributed by atoms with van der Waals surface area (Å²) in [7, 11) is 1.79. The van der Waals surface area contributed by atoms with Crippen LogP contribution in [0.5, 0.6) is 0 Å². The molecule has 7 nitrogen and oxygen atoms in total. The number of methoxy groups -OCH3 is 1. The highest BCUT2D eigenvalue weighted by molar-refractivity contribution is 5.33. The van der Waals surface area contributed by atoms with Gasteiger partial charge in [-0.25, -0.2) is 0 Å². The quantitative estimate of drug-likeness (QED) is 0.791. The Hall–Kier alpha value is -1.18. The summed E-state index contributed by atoms with van der Waals surface area (Å²) in [4.78, 5) is 2.31. The van der Waals surface area contributed by atoms with Gasteiger partial charge in [-0.3, -0.25) is 4.57 Å². The number of hydrogen-bond acceptors (Lipinski definition) is 6. The van der Waals surface area contributed by atoms with Crippen molar-refractivity contribution in [1.82, 2.24) is 14.8 Å². The lowest BCUT2D eigenvalue weighted by Crippen LogP contribution is -2.39. The van der Waals surface area contributed by atoms with E-state index in [1.807, 2.05) is 6.92 Å². The summed E-state index contributed by atoms with van der Waals surface area (Å²) in [6.07, 6.45) is 3.26. The van der Waals surface area contributed by atoms with Crippen LogP contribution in [0.3, 0.4) is 0 Å². The Kier molecular flexibility index (Phi) is 5.18. The molecule has 2 saturated heterocycles. The van der Waals surface area contributed by atoms with Gasteiger partial charge < -0.3 is 19.1 Å². The normalized spacial score (nSPS) is 26.1. The summed E-state index contributed by atoms with van der Waals surface area (Å²) >= 11 is 0. The van der Waals surface area contributed by atoms with E-state index in [0.717, 1.165) is 50.7 Å². The largest absolute Gasteiger partial charge is 0.381 e. The van der Waals surface area contributed by atoms with Gasteiger partial charge in [-0.05, 0) is 26.7 Å². The van der Waals surface area contributed by atoms with Crippen LogP contribution in [0.25, 0.3) is 0 Å². The van der Waals surface area contributed by atoms with E-state index in [2.05, 4.69) is 26.6 Å². The van der Waals surface area contributed by atoms with Gasteiger partial charge in [0.05, 0.1) is 19.3 Å². The summed E-state index contributed by atoms with van der Waals surface area (Å²) < 4.78 is 19.3. The molecule has 1 aromatic heterocycles. The van der Waals surface area contributed by atoms with Crippen molar-refractivity contribution in [3.05, 3.63) is 5.82 Å². The minimum Gasteiger partial charge on any atom is -0.381 e. The first-order valence-corrected chi connectivity index (χ1v) is 8.67. The third-order valence-electron chi connectivity index (χ3n) is 4.92. The van der Waals surface area contributed by atoms with E-state index >= 15 is 0 Å². The van der Waals surface area contributed by atoms with Crippen molar-refractivity contribution in [2.45, 2.75) is 51.4 Å². The van der Waals surface area contributed by atoms with Gasteiger partial charge in [0.1, 0.15) is 0 Å². The van der Waals surface area contributed by atoms with Gasteiger partial charge in [-0.15, -0.1) is 10.2 Å². The standard InChI is InChI=1S/C16H28N4O3/c1-4-20-14(16(23-5-2)8-11-22-12-16)17-18-15(20)19-9-6-13(21-3)7-10-19/h13H,4-12H2,1-3H3. The first-order valence-electron chi connectivity index (χ1n) is 8.67. The zero-order valence-corrected chi connectivity index (χ0v) is 14.5. The average molecular weight is 324 g/mol. The van der Waals surface area contributed by atoms with E-state index in [0.29, 0.717) is 25.9 Å². The Balaban J connectivity index is 1.85. The fourth-order valence-electron chi connectivity index (χ4n) is 3.63. The molecule has 23 heavy (non-hydrogen) atoms. The predicted octanol–water partition coefficient (Wildman–Crippen LogP) is 1.57. The molecule has 2 fully saturated rings. The summed E-state index contributed by atoms with van der Waals surface area (Å²) in [5, 5.41) is 9.01. The summed E-state index contributed by atoms with van der Waals surface area (Å²) in [5.41, 5.74) is -0.444. The van der Waals surface area contributed by atoms with Crippen molar-refractivity contribution in [3.63, 3.8) is 0 Å². The number of aromatic nitrogens is 3. The molecule has 1 unspecified atom stereocenters. The first kappa shape index (κ1) is 16.7. The highest BCUT2D eigenvalue weighted by atomic mass is 16.6. The van der Waals surface area contributed by atoms with Gasteiger partial charge in [-0.1, -0.05) is 0 Å². The van der Waals surface area contributed by atoms with Gasteiger partial charge in [0.25, 0.3) is 0 Å². The molecule has 7 heteroatoms. The second-order valence-electron chi connectivity index (χ2n) is 6.22. The highest BCUT2D eigenvalue weighted by Crippen LogP contribution is 2.35. The molecule has 1 aromatic rings. The second kappa shape index (κ2) is 7.15. The van der Waals surface area contributed by atoms with E-state index in [9.17, 15) is 0 Å².